The van der Waals surface area contributed by atoms with Gasteiger partial charge in [0.05, 0.1) is 12.7 Å². The van der Waals surface area contributed by atoms with Crippen LogP contribution in [0.3, 0.4) is 0 Å². The summed E-state index contributed by atoms with van der Waals surface area (Å²) in [4.78, 5) is 14.3. The van der Waals surface area contributed by atoms with E-state index in [0.717, 1.165) is 42.4 Å². The molecule has 4 aliphatic rings. The zero-order valence-electron chi connectivity index (χ0n) is 26.3. The number of carbonyl (C=O) groups excluding carboxylic acids is 1. The number of Topliss-reactive ketones (excluding diaryl/α,β-unsaturated/α-hetero) is 1. The lowest BCUT2D eigenvalue weighted by Gasteiger charge is -2.69. The third-order valence-corrected chi connectivity index (χ3v) is 11.7. The second-order valence-electron chi connectivity index (χ2n) is 14.1. The number of aliphatic hydroxyl groups is 1. The first-order chi connectivity index (χ1) is 22.2. The molecule has 2 saturated carbocycles. The van der Waals surface area contributed by atoms with Crippen molar-refractivity contribution in [1.82, 2.24) is 5.32 Å². The Morgan fingerprint density at radius 1 is 0.891 bits per heavy atom. The van der Waals surface area contributed by atoms with Crippen LogP contribution < -0.4 is 10.1 Å². The van der Waals surface area contributed by atoms with Gasteiger partial charge in [0.1, 0.15) is 5.78 Å². The van der Waals surface area contributed by atoms with Gasteiger partial charge in [0.25, 0.3) is 0 Å². The molecule has 46 heavy (non-hydrogen) atoms. The van der Waals surface area contributed by atoms with Crippen LogP contribution in [0.4, 0.5) is 0 Å². The number of nitrogens with one attached hydrogen (secondary N) is 1. The number of ether oxygens (including phenoxy) is 1. The van der Waals surface area contributed by atoms with Crippen molar-refractivity contribution in [3.05, 3.63) is 83.4 Å². The van der Waals surface area contributed by atoms with Crippen LogP contribution in [0.25, 0.3) is 0 Å². The van der Waals surface area contributed by atoms with E-state index in [-0.39, 0.29) is 65.1 Å². The highest BCUT2D eigenvalue weighted by molar-refractivity contribution is 5.81. The van der Waals surface area contributed by atoms with E-state index in [2.05, 4.69) is 29.3 Å². The number of phenolic OH excluding ortho intramolecular Hbond substituents is 3. The van der Waals surface area contributed by atoms with E-state index >= 15 is 0 Å². The fourth-order valence-corrected chi connectivity index (χ4v) is 9.80. The largest absolute Gasteiger partial charge is 0.504 e. The SMILES string of the molecule is COc1cc(C2CC(=O)CC3(O)CCC45CCCCC4(c4ccc(O)c(O)c4)C3C(C#CC2Cc2ccccc2)CN5)ccc1O. The van der Waals surface area contributed by atoms with Gasteiger partial charge >= 0.3 is 0 Å². The lowest BCUT2D eigenvalue weighted by atomic mass is 9.40. The minimum absolute atomic E-state index is 0.00870. The van der Waals surface area contributed by atoms with E-state index in [0.29, 0.717) is 31.6 Å². The van der Waals surface area contributed by atoms with Crippen LogP contribution in [0.1, 0.15) is 74.0 Å². The van der Waals surface area contributed by atoms with Crippen molar-refractivity contribution >= 4 is 5.78 Å². The maximum absolute atomic E-state index is 14.3. The highest BCUT2D eigenvalue weighted by atomic mass is 16.5. The van der Waals surface area contributed by atoms with Gasteiger partial charge in [0.2, 0.25) is 0 Å². The molecule has 3 aromatic carbocycles. The van der Waals surface area contributed by atoms with Crippen molar-refractivity contribution in [3.8, 4) is 34.8 Å². The molecule has 1 aliphatic heterocycles. The quantitative estimate of drug-likeness (QED) is 0.182. The van der Waals surface area contributed by atoms with Gasteiger partial charge in [-0.25, -0.2) is 0 Å². The molecule has 3 fully saturated rings. The van der Waals surface area contributed by atoms with Crippen molar-refractivity contribution < 1.29 is 30.0 Å². The Balaban J connectivity index is 1.40. The summed E-state index contributed by atoms with van der Waals surface area (Å²) in [6.45, 7) is 0.607. The molecule has 7 nitrogen and oxygen atoms in total. The molecule has 240 valence electrons. The van der Waals surface area contributed by atoms with Crippen LogP contribution in [0.15, 0.2) is 66.7 Å². The first-order valence-corrected chi connectivity index (χ1v) is 16.6. The summed E-state index contributed by atoms with van der Waals surface area (Å²) in [5, 5.41) is 48.0. The van der Waals surface area contributed by atoms with Gasteiger partial charge < -0.3 is 30.5 Å². The highest BCUT2D eigenvalue weighted by Gasteiger charge is 2.69. The zero-order chi connectivity index (χ0) is 32.1. The Labute approximate surface area is 270 Å². The molecule has 7 rings (SSSR count). The number of phenols is 3. The highest BCUT2D eigenvalue weighted by Crippen LogP contribution is 2.65. The average molecular weight is 622 g/mol. The molecule has 1 saturated heterocycles. The smallest absolute Gasteiger partial charge is 0.160 e. The molecule has 3 aromatic rings. The predicted octanol–water partition coefficient (Wildman–Crippen LogP) is 5.73. The molecule has 7 unspecified atom stereocenters. The van der Waals surface area contributed by atoms with Gasteiger partial charge in [0, 0.05) is 54.0 Å². The van der Waals surface area contributed by atoms with Crippen molar-refractivity contribution in [2.75, 3.05) is 13.7 Å². The minimum atomic E-state index is -1.28. The summed E-state index contributed by atoms with van der Waals surface area (Å²) in [5.74, 6) is 6.35. The van der Waals surface area contributed by atoms with E-state index in [4.69, 9.17) is 4.74 Å². The fraction of sp³-hybridized carbons (Fsp3) is 0.462. The molecule has 3 aliphatic carbocycles. The summed E-state index contributed by atoms with van der Waals surface area (Å²) < 4.78 is 5.45. The van der Waals surface area contributed by atoms with Crippen LogP contribution in [0.5, 0.6) is 23.0 Å². The first kappa shape index (κ1) is 30.7. The van der Waals surface area contributed by atoms with E-state index < -0.39 is 11.0 Å². The monoisotopic (exact) mass is 621 g/mol. The molecule has 7 atom stereocenters. The van der Waals surface area contributed by atoms with Crippen molar-refractivity contribution in [2.45, 2.75) is 80.3 Å². The molecule has 2 bridgehead atoms. The van der Waals surface area contributed by atoms with Crippen LogP contribution in [0.2, 0.25) is 0 Å². The van der Waals surface area contributed by atoms with E-state index in [1.807, 2.05) is 36.4 Å². The van der Waals surface area contributed by atoms with Gasteiger partial charge in [-0.1, -0.05) is 67.1 Å². The van der Waals surface area contributed by atoms with Gasteiger partial charge in [-0.2, -0.15) is 0 Å². The van der Waals surface area contributed by atoms with Crippen molar-refractivity contribution in [1.29, 1.82) is 0 Å². The standard InChI is InChI=1S/C39H43NO6/c1-46-35-20-27(11-13-33(35)43)31-22-30(41)23-37(45)17-18-38-15-5-6-16-39(38,29-12-14-32(42)34(44)21-29)36(37)28(24-40-38)10-9-26(31)19-25-7-3-2-4-8-25/h2-4,7-8,11-14,20-21,26,28,31,36,40,42-45H,5-6,15-19,22-24H2,1H3. The number of benzene rings is 3. The van der Waals surface area contributed by atoms with E-state index in [9.17, 15) is 25.2 Å². The topological polar surface area (TPSA) is 119 Å². The number of rotatable bonds is 5. The number of hydrogen-bond donors (Lipinski definition) is 5. The zero-order valence-corrected chi connectivity index (χ0v) is 26.3. The van der Waals surface area contributed by atoms with Crippen LogP contribution in [-0.2, 0) is 16.6 Å². The predicted molar refractivity (Wildman–Crippen MR) is 175 cm³/mol. The maximum atomic E-state index is 14.3. The molecule has 7 heteroatoms. The maximum Gasteiger partial charge on any atom is 0.160 e. The molecule has 5 N–H and O–H groups in total. The van der Waals surface area contributed by atoms with Gasteiger partial charge in [-0.05, 0) is 73.1 Å². The molecular formula is C39H43NO6. The molecule has 0 aromatic heterocycles. The van der Waals surface area contributed by atoms with E-state index in [1.165, 1.54) is 7.11 Å². The first-order valence-electron chi connectivity index (χ1n) is 16.6. The fourth-order valence-electron chi connectivity index (χ4n) is 9.80. The number of methoxy groups -OCH3 is 1. The lowest BCUT2D eigenvalue weighted by Crippen LogP contribution is -2.77. The van der Waals surface area contributed by atoms with Crippen LogP contribution in [-0.4, -0.2) is 51.0 Å². The Morgan fingerprint density at radius 3 is 2.46 bits per heavy atom. The number of ketones is 1. The summed E-state index contributed by atoms with van der Waals surface area (Å²) in [5.41, 5.74) is 0.737. The van der Waals surface area contributed by atoms with Crippen LogP contribution >= 0.6 is 0 Å². The summed E-state index contributed by atoms with van der Waals surface area (Å²) in [6.07, 6.45) is 5.85. The Bertz CT molecular complexity index is 1700. The summed E-state index contributed by atoms with van der Waals surface area (Å²) >= 11 is 0. The third-order valence-electron chi connectivity index (χ3n) is 11.7. The van der Waals surface area contributed by atoms with Crippen molar-refractivity contribution in [3.63, 3.8) is 0 Å². The normalized spacial score (nSPS) is 33.7. The molecule has 0 radical (unpaired) electrons. The number of piperidine rings is 1. The number of aromatic hydroxyl groups is 3. The minimum Gasteiger partial charge on any atom is -0.504 e. The Kier molecular flexibility index (Phi) is 7.77. The average Bonchev–Trinajstić information content (AvgIpc) is 3.05. The number of carbonyl (C=O) groups is 1. The Morgan fingerprint density at radius 2 is 1.67 bits per heavy atom. The molecule has 0 spiro atoms. The van der Waals surface area contributed by atoms with Crippen LogP contribution in [0, 0.1) is 29.6 Å². The molecule has 0 amide bonds. The Hall–Kier alpha value is -3.99. The van der Waals surface area contributed by atoms with Gasteiger partial charge in [0.15, 0.2) is 23.0 Å². The van der Waals surface area contributed by atoms with Crippen molar-refractivity contribution in [2.24, 2.45) is 17.8 Å². The lowest BCUT2D eigenvalue weighted by molar-refractivity contribution is -0.175. The van der Waals surface area contributed by atoms with Gasteiger partial charge in [-0.3, -0.25) is 4.79 Å². The summed E-state index contributed by atoms with van der Waals surface area (Å²) in [6, 6.07) is 20.6. The second kappa shape index (κ2) is 11.7. The number of hydrogen-bond acceptors (Lipinski definition) is 7. The summed E-state index contributed by atoms with van der Waals surface area (Å²) in [7, 11) is 1.52. The molecule has 1 heterocycles. The molecular weight excluding hydrogens is 578 g/mol. The second-order valence-corrected chi connectivity index (χ2v) is 14.1. The van der Waals surface area contributed by atoms with Gasteiger partial charge in [-0.15, -0.1) is 0 Å². The third kappa shape index (κ3) is 4.94. The van der Waals surface area contributed by atoms with E-state index in [1.54, 1.807) is 18.2 Å².